The van der Waals surface area contributed by atoms with Gasteiger partial charge in [0.25, 0.3) is 0 Å². The van der Waals surface area contributed by atoms with Crippen LogP contribution in [0.2, 0.25) is 0 Å². The van der Waals surface area contributed by atoms with Crippen molar-refractivity contribution in [1.29, 1.82) is 0 Å². The van der Waals surface area contributed by atoms with Crippen LogP contribution in [-0.2, 0) is 10.8 Å². The maximum Gasteiger partial charge on any atom is -0.0000498 e. The number of benzene rings is 15. The summed E-state index contributed by atoms with van der Waals surface area (Å²) < 4.78 is 0. The van der Waals surface area contributed by atoms with Gasteiger partial charge in [0, 0.05) is 0 Å². The molecule has 15 aromatic carbocycles. The third-order valence-corrected chi connectivity index (χ3v) is 21.5. The largest absolute Gasteiger partial charge is 0.0557 e. The van der Waals surface area contributed by atoms with Crippen LogP contribution in [0, 0.1) is 111 Å². The van der Waals surface area contributed by atoms with Crippen LogP contribution in [0.15, 0.2) is 0 Å². The first-order valence-corrected chi connectivity index (χ1v) is 26.2. The second-order valence-electron chi connectivity index (χ2n) is 25.2. The zero-order chi connectivity index (χ0) is 48.3. The molecule has 15 aromatic rings. The summed E-state index contributed by atoms with van der Waals surface area (Å²) in [7, 11) is 0. The van der Waals surface area contributed by atoms with Crippen LogP contribution in [0.4, 0.5) is 0 Å². The van der Waals surface area contributed by atoms with Crippen LogP contribution in [0.1, 0.15) is 134 Å². The van der Waals surface area contributed by atoms with Gasteiger partial charge in [-0.05, 0) is 379 Å². The molecule has 0 heteroatoms. The highest BCUT2D eigenvalue weighted by molar-refractivity contribution is 6.61. The van der Waals surface area contributed by atoms with Gasteiger partial charge in [0.05, 0.1) is 0 Å². The van der Waals surface area contributed by atoms with Crippen LogP contribution < -0.4 is 0 Å². The smallest absolute Gasteiger partial charge is 0.0000498 e. The molecule has 16 rings (SSSR count). The molecule has 0 aliphatic heterocycles. The first kappa shape index (κ1) is 39.8. The molecule has 0 heterocycles. The van der Waals surface area contributed by atoms with E-state index < -0.39 is 0 Å². The highest BCUT2D eigenvalue weighted by atomic mass is 14.5. The standard InChI is InChI=1S/C69H62/c1-22-24(3)38-30(9)41-28(7)29(8)42-33(12)45-34(13)44-32(11)40-26(5)23(2)27(6)48-50(40)59-54(44)62-55(45)60-52(42)51(41)58-49(38)39(25(22)4)31(10)43-35(14)46-36(15)47-37(16)66-65(67(48)69(19,20)21-68(66,17)18)64(59)57(47)63(62)56(46)61(60)53(43)58/h21H2,1-20H3. The van der Waals surface area contributed by atoms with Gasteiger partial charge in [-0.15, -0.1) is 0 Å². The Morgan fingerprint density at radius 3 is 0.638 bits per heavy atom. The minimum atomic E-state index is -0.0233. The monoisotopic (exact) mass is 890 g/mol. The Kier molecular flexibility index (Phi) is 6.34. The summed E-state index contributed by atoms with van der Waals surface area (Å²) in [6, 6.07) is 0. The fraction of sp³-hybridized carbons (Fsp3) is 0.333. The van der Waals surface area contributed by atoms with Gasteiger partial charge < -0.3 is 0 Å². The summed E-state index contributed by atoms with van der Waals surface area (Å²) in [5.41, 5.74) is 26.7. The lowest BCUT2D eigenvalue weighted by atomic mass is 9.57. The Hall–Kier alpha value is -5.98. The van der Waals surface area contributed by atoms with Crippen molar-refractivity contribution < 1.29 is 0 Å². The number of rotatable bonds is 0. The molecule has 0 fully saturated rings. The van der Waals surface area contributed by atoms with Crippen molar-refractivity contribution in [2.75, 3.05) is 0 Å². The molecule has 0 N–H and O–H groups in total. The van der Waals surface area contributed by atoms with E-state index >= 15 is 0 Å². The van der Waals surface area contributed by atoms with Gasteiger partial charge >= 0.3 is 0 Å². The quantitative estimate of drug-likeness (QED) is 0.105. The summed E-state index contributed by atoms with van der Waals surface area (Å²) in [5.74, 6) is 0. The molecule has 0 spiro atoms. The minimum absolute atomic E-state index is 0.0142. The number of hydrogen-bond acceptors (Lipinski definition) is 0. The second kappa shape index (κ2) is 11.0. The average molecular weight is 891 g/mol. The molecule has 0 nitrogen and oxygen atoms in total. The van der Waals surface area contributed by atoms with Gasteiger partial charge in [-0.1, -0.05) is 27.7 Å². The maximum absolute atomic E-state index is 2.59. The normalized spacial score (nSPS) is 16.0. The highest BCUT2D eigenvalue weighted by Gasteiger charge is 2.45. The Labute approximate surface area is 404 Å². The minimum Gasteiger partial charge on any atom is -0.0557 e. The summed E-state index contributed by atoms with van der Waals surface area (Å²) in [6.07, 6.45) is 1.12. The topological polar surface area (TPSA) is 0 Å². The van der Waals surface area contributed by atoms with E-state index in [9.17, 15) is 0 Å². The summed E-state index contributed by atoms with van der Waals surface area (Å²) in [6.45, 7) is 50.0. The zero-order valence-corrected chi connectivity index (χ0v) is 44.7. The SMILES string of the molecule is Cc1c(C)c2c(C)c3c(C)c(C)c4c(C)c5c(C)c6c(C)c7c(C)c(C)c(C)c8c9c%10c(c(C)c%11c(C)c%12c(C)c%13c(C)c(c1C)c2c1c3c4c2c5c3c6c(c87)c%10c%11c3c%12c2c%131)C(C)(C)CC9(C)C. The summed E-state index contributed by atoms with van der Waals surface area (Å²) >= 11 is 0. The van der Waals surface area contributed by atoms with E-state index in [0.29, 0.717) is 0 Å². The molecule has 0 unspecified atom stereocenters. The molecular formula is C69H62. The lowest BCUT2D eigenvalue weighted by Crippen LogP contribution is -2.36. The molecule has 0 amide bonds. The fourth-order valence-electron chi connectivity index (χ4n) is 19.2. The van der Waals surface area contributed by atoms with E-state index in [-0.39, 0.29) is 10.8 Å². The number of fused-ring (bicyclic) bond motifs is 1. The summed E-state index contributed by atoms with van der Waals surface area (Å²) in [4.78, 5) is 0. The van der Waals surface area contributed by atoms with E-state index in [1.54, 1.807) is 75.8 Å². The van der Waals surface area contributed by atoms with E-state index in [0.717, 1.165) is 6.42 Å². The van der Waals surface area contributed by atoms with Crippen LogP contribution in [0.25, 0.3) is 151 Å². The van der Waals surface area contributed by atoms with Crippen molar-refractivity contribution in [3.63, 3.8) is 0 Å². The molecule has 1 aliphatic rings. The third kappa shape index (κ3) is 3.52. The molecule has 0 bridgehead atoms. The third-order valence-electron chi connectivity index (χ3n) is 21.5. The Balaban J connectivity index is 1.42. The van der Waals surface area contributed by atoms with Crippen molar-refractivity contribution in [1.82, 2.24) is 0 Å². The first-order valence-electron chi connectivity index (χ1n) is 26.2. The van der Waals surface area contributed by atoms with Crippen molar-refractivity contribution >= 4 is 151 Å². The Bertz CT molecular complexity index is 5030. The van der Waals surface area contributed by atoms with Gasteiger partial charge in [-0.2, -0.15) is 0 Å². The molecule has 0 radical (unpaired) electrons. The Morgan fingerprint density at radius 1 is 0.159 bits per heavy atom. The van der Waals surface area contributed by atoms with E-state index in [1.807, 2.05) is 0 Å². The van der Waals surface area contributed by atoms with E-state index in [2.05, 4.69) is 138 Å². The highest BCUT2D eigenvalue weighted by Crippen LogP contribution is 2.67. The van der Waals surface area contributed by atoms with E-state index in [4.69, 9.17) is 0 Å². The van der Waals surface area contributed by atoms with Gasteiger partial charge in [-0.3, -0.25) is 0 Å². The predicted octanol–water partition coefficient (Wildman–Crippen LogP) is 20.2. The van der Waals surface area contributed by atoms with Crippen molar-refractivity contribution in [2.45, 2.75) is 156 Å². The molecule has 0 saturated heterocycles. The van der Waals surface area contributed by atoms with Crippen LogP contribution >= 0.6 is 0 Å². The maximum atomic E-state index is 2.59. The molecule has 1 aliphatic carbocycles. The zero-order valence-electron chi connectivity index (χ0n) is 44.7. The lowest BCUT2D eigenvalue weighted by Gasteiger charge is -2.46. The van der Waals surface area contributed by atoms with Crippen molar-refractivity contribution in [3.05, 3.63) is 100 Å². The summed E-state index contributed by atoms with van der Waals surface area (Å²) in [5, 5.41) is 42.8. The number of hydrogen-bond donors (Lipinski definition) is 0. The van der Waals surface area contributed by atoms with Crippen molar-refractivity contribution in [3.8, 4) is 0 Å². The van der Waals surface area contributed by atoms with Crippen molar-refractivity contribution in [2.24, 2.45) is 0 Å². The van der Waals surface area contributed by atoms with Crippen LogP contribution in [-0.4, -0.2) is 0 Å². The van der Waals surface area contributed by atoms with Crippen LogP contribution in [0.3, 0.4) is 0 Å². The molecule has 69 heavy (non-hydrogen) atoms. The van der Waals surface area contributed by atoms with Crippen LogP contribution in [0.5, 0.6) is 0 Å². The lowest BCUT2D eigenvalue weighted by molar-refractivity contribution is 0.342. The number of aryl methyl sites for hydroxylation is 14. The molecule has 338 valence electrons. The van der Waals surface area contributed by atoms with Gasteiger partial charge in [0.15, 0.2) is 0 Å². The van der Waals surface area contributed by atoms with Gasteiger partial charge in [-0.25, -0.2) is 0 Å². The fourth-order valence-corrected chi connectivity index (χ4v) is 19.2. The molecular weight excluding hydrogens is 829 g/mol. The van der Waals surface area contributed by atoms with E-state index in [1.165, 1.54) is 175 Å². The molecule has 0 aromatic heterocycles. The van der Waals surface area contributed by atoms with Gasteiger partial charge in [0.2, 0.25) is 0 Å². The first-order chi connectivity index (χ1) is 32.5. The molecule has 0 atom stereocenters. The molecule has 0 saturated carbocycles. The second-order valence-corrected chi connectivity index (χ2v) is 25.2. The van der Waals surface area contributed by atoms with Gasteiger partial charge in [0.1, 0.15) is 0 Å². The predicted molar refractivity (Wildman–Crippen MR) is 307 cm³/mol. The average Bonchev–Trinajstić information content (AvgIpc) is 3.27. The Morgan fingerprint density at radius 2 is 0.333 bits per heavy atom.